The fourth-order valence-corrected chi connectivity index (χ4v) is 4.52. The third-order valence-corrected chi connectivity index (χ3v) is 6.71. The minimum atomic E-state index is -3.93. The van der Waals surface area contributed by atoms with Gasteiger partial charge in [-0.1, -0.05) is 47.5 Å². The summed E-state index contributed by atoms with van der Waals surface area (Å²) in [6, 6.07) is 16.3. The summed E-state index contributed by atoms with van der Waals surface area (Å²) in [5.41, 5.74) is 1.87. The van der Waals surface area contributed by atoms with Crippen molar-refractivity contribution in [3.05, 3.63) is 87.9 Å². The Morgan fingerprint density at radius 2 is 1.75 bits per heavy atom. The van der Waals surface area contributed by atoms with Crippen LogP contribution in [0.3, 0.4) is 0 Å². The van der Waals surface area contributed by atoms with Crippen molar-refractivity contribution in [2.45, 2.75) is 11.8 Å². The number of halogens is 2. The first kappa shape index (κ1) is 23.7. The number of ether oxygens (including phenoxy) is 1. The third kappa shape index (κ3) is 5.82. The third-order valence-electron chi connectivity index (χ3n) is 4.47. The number of sulfonamides is 1. The van der Waals surface area contributed by atoms with E-state index >= 15 is 0 Å². The van der Waals surface area contributed by atoms with Crippen molar-refractivity contribution in [3.63, 3.8) is 0 Å². The molecule has 2 N–H and O–H groups in total. The highest BCUT2D eigenvalue weighted by Gasteiger charge is 2.19. The summed E-state index contributed by atoms with van der Waals surface area (Å²) in [6.45, 7) is 1.67. The molecule has 0 bridgehead atoms. The van der Waals surface area contributed by atoms with Crippen LogP contribution in [0.4, 0.5) is 11.4 Å². The van der Waals surface area contributed by atoms with Gasteiger partial charge in [0.05, 0.1) is 27.7 Å². The normalized spacial score (nSPS) is 11.4. The fourth-order valence-electron chi connectivity index (χ4n) is 2.87. The summed E-state index contributed by atoms with van der Waals surface area (Å²) in [7, 11) is -2.47. The highest BCUT2D eigenvalue weighted by Crippen LogP contribution is 2.28. The molecule has 0 radical (unpaired) electrons. The molecule has 0 aliphatic rings. The Hall–Kier alpha value is -3.00. The van der Waals surface area contributed by atoms with Crippen molar-refractivity contribution in [2.24, 2.45) is 0 Å². The van der Waals surface area contributed by atoms with Crippen molar-refractivity contribution >= 4 is 56.6 Å². The maximum atomic E-state index is 13.0. The topological polar surface area (TPSA) is 84.5 Å². The Kier molecular flexibility index (Phi) is 7.45. The molecule has 9 heteroatoms. The lowest BCUT2D eigenvalue weighted by Crippen LogP contribution is -2.16. The van der Waals surface area contributed by atoms with Gasteiger partial charge in [-0.3, -0.25) is 9.52 Å². The molecule has 32 heavy (non-hydrogen) atoms. The predicted octanol–water partition coefficient (Wildman–Crippen LogP) is 5.76. The van der Waals surface area contributed by atoms with Gasteiger partial charge < -0.3 is 10.1 Å². The Morgan fingerprint density at radius 1 is 1.00 bits per heavy atom. The molecule has 3 aromatic carbocycles. The predicted molar refractivity (Wildman–Crippen MR) is 129 cm³/mol. The zero-order chi connectivity index (χ0) is 23.3. The number of para-hydroxylation sites is 2. The van der Waals surface area contributed by atoms with E-state index in [1.807, 2.05) is 0 Å². The largest absolute Gasteiger partial charge is 0.495 e. The van der Waals surface area contributed by atoms with Crippen molar-refractivity contribution < 1.29 is 17.9 Å². The first-order chi connectivity index (χ1) is 15.2. The second-order valence-corrected chi connectivity index (χ2v) is 9.25. The van der Waals surface area contributed by atoms with Gasteiger partial charge in [-0.05, 0) is 60.5 Å². The van der Waals surface area contributed by atoms with Crippen LogP contribution in [0.1, 0.15) is 11.1 Å². The molecule has 3 aromatic rings. The molecule has 6 nitrogen and oxygen atoms in total. The number of nitrogens with one attached hydrogen (secondary N) is 2. The standard InChI is InChI=1S/C23H20Cl2N2O4S/c1-15-7-10-17(26-23(28)12-9-16-8-11-18(24)19(25)13-16)14-22(15)32(29,30)27-20-5-3-4-6-21(20)31-2/h3-14,27H,1-2H3,(H,26,28)/b12-9+. The molecule has 3 rings (SSSR count). The first-order valence-corrected chi connectivity index (χ1v) is 11.6. The van der Waals surface area contributed by atoms with Gasteiger partial charge in [-0.25, -0.2) is 8.42 Å². The molecule has 0 saturated heterocycles. The molecular weight excluding hydrogens is 471 g/mol. The van der Waals surface area contributed by atoms with E-state index < -0.39 is 15.9 Å². The smallest absolute Gasteiger partial charge is 0.262 e. The first-order valence-electron chi connectivity index (χ1n) is 9.40. The SMILES string of the molecule is COc1ccccc1NS(=O)(=O)c1cc(NC(=O)/C=C/c2ccc(Cl)c(Cl)c2)ccc1C. The Morgan fingerprint density at radius 3 is 2.47 bits per heavy atom. The van der Waals surface area contributed by atoms with Crippen molar-refractivity contribution in [1.29, 1.82) is 0 Å². The van der Waals surface area contributed by atoms with Crippen LogP contribution in [-0.4, -0.2) is 21.4 Å². The number of rotatable bonds is 7. The van der Waals surface area contributed by atoms with E-state index in [1.54, 1.807) is 67.6 Å². The Balaban J connectivity index is 1.79. The van der Waals surface area contributed by atoms with Gasteiger partial charge in [0.1, 0.15) is 5.75 Å². The summed E-state index contributed by atoms with van der Waals surface area (Å²) in [6.07, 6.45) is 2.90. The number of carbonyl (C=O) groups is 1. The summed E-state index contributed by atoms with van der Waals surface area (Å²) < 4.78 is 33.7. The molecule has 1 amide bonds. The number of amides is 1. The van der Waals surface area contributed by atoms with E-state index in [-0.39, 0.29) is 4.90 Å². The molecule has 0 spiro atoms. The quantitative estimate of drug-likeness (QED) is 0.412. The molecule has 0 aromatic heterocycles. The number of aryl methyl sites for hydroxylation is 1. The van der Waals surface area contributed by atoms with E-state index in [2.05, 4.69) is 10.0 Å². The van der Waals surface area contributed by atoms with Crippen LogP contribution in [0.25, 0.3) is 6.08 Å². The van der Waals surface area contributed by atoms with Crippen LogP contribution in [0.5, 0.6) is 5.75 Å². The van der Waals surface area contributed by atoms with E-state index in [0.717, 1.165) is 0 Å². The van der Waals surface area contributed by atoms with Gasteiger partial charge in [0.15, 0.2) is 0 Å². The van der Waals surface area contributed by atoms with Crippen molar-refractivity contribution in [2.75, 3.05) is 17.1 Å². The number of carbonyl (C=O) groups excluding carboxylic acids is 1. The van der Waals surface area contributed by atoms with Crippen LogP contribution in [0.15, 0.2) is 71.6 Å². The van der Waals surface area contributed by atoms with Crippen LogP contribution < -0.4 is 14.8 Å². The number of hydrogen-bond donors (Lipinski definition) is 2. The maximum absolute atomic E-state index is 13.0. The lowest BCUT2D eigenvalue weighted by atomic mass is 10.2. The van der Waals surface area contributed by atoms with Gasteiger partial charge >= 0.3 is 0 Å². The monoisotopic (exact) mass is 490 g/mol. The summed E-state index contributed by atoms with van der Waals surface area (Å²) in [4.78, 5) is 12.4. The van der Waals surface area contributed by atoms with Gasteiger partial charge in [0, 0.05) is 11.8 Å². The summed E-state index contributed by atoms with van der Waals surface area (Å²) in [5, 5.41) is 3.46. The highest BCUT2D eigenvalue weighted by molar-refractivity contribution is 7.92. The molecule has 0 unspecified atom stereocenters. The average molecular weight is 491 g/mol. The zero-order valence-corrected chi connectivity index (χ0v) is 19.6. The fraction of sp³-hybridized carbons (Fsp3) is 0.0870. The molecule has 0 fully saturated rings. The molecule has 0 aliphatic heterocycles. The maximum Gasteiger partial charge on any atom is 0.262 e. The van der Waals surface area contributed by atoms with Crippen LogP contribution >= 0.6 is 23.2 Å². The lowest BCUT2D eigenvalue weighted by molar-refractivity contribution is -0.111. The Labute approximate surface area is 196 Å². The summed E-state index contributed by atoms with van der Waals surface area (Å²) in [5.74, 6) is -0.0356. The van der Waals surface area contributed by atoms with E-state index in [1.165, 1.54) is 19.3 Å². The van der Waals surface area contributed by atoms with E-state index in [9.17, 15) is 13.2 Å². The van der Waals surface area contributed by atoms with Crippen LogP contribution in [0.2, 0.25) is 10.0 Å². The van der Waals surface area contributed by atoms with Gasteiger partial charge in [0.2, 0.25) is 5.91 Å². The van der Waals surface area contributed by atoms with Crippen LogP contribution in [0, 0.1) is 6.92 Å². The number of benzene rings is 3. The molecule has 0 aliphatic carbocycles. The zero-order valence-electron chi connectivity index (χ0n) is 17.2. The number of anilines is 2. The second-order valence-electron chi connectivity index (χ2n) is 6.78. The molecule has 166 valence electrons. The highest BCUT2D eigenvalue weighted by atomic mass is 35.5. The van der Waals surface area contributed by atoms with Crippen molar-refractivity contribution in [1.82, 2.24) is 0 Å². The molecule has 0 atom stereocenters. The van der Waals surface area contributed by atoms with Gasteiger partial charge in [-0.15, -0.1) is 0 Å². The minimum absolute atomic E-state index is 0.0367. The number of hydrogen-bond acceptors (Lipinski definition) is 4. The molecule has 0 saturated carbocycles. The van der Waals surface area contributed by atoms with E-state index in [4.69, 9.17) is 27.9 Å². The molecular formula is C23H20Cl2N2O4S. The van der Waals surface area contributed by atoms with Gasteiger partial charge in [-0.2, -0.15) is 0 Å². The summed E-state index contributed by atoms with van der Waals surface area (Å²) >= 11 is 11.9. The average Bonchev–Trinajstić information content (AvgIpc) is 2.76. The second kappa shape index (κ2) is 10.1. The van der Waals surface area contributed by atoms with Crippen LogP contribution in [-0.2, 0) is 14.8 Å². The number of methoxy groups -OCH3 is 1. The minimum Gasteiger partial charge on any atom is -0.495 e. The lowest BCUT2D eigenvalue weighted by Gasteiger charge is -2.14. The van der Waals surface area contributed by atoms with Gasteiger partial charge in [0.25, 0.3) is 10.0 Å². The Bertz CT molecular complexity index is 1290. The van der Waals surface area contributed by atoms with Crippen molar-refractivity contribution in [3.8, 4) is 5.75 Å². The van der Waals surface area contributed by atoms with E-state index in [0.29, 0.717) is 38.3 Å². The molecule has 0 heterocycles.